The summed E-state index contributed by atoms with van der Waals surface area (Å²) in [6, 6.07) is 7.70. The zero-order valence-electron chi connectivity index (χ0n) is 17.1. The number of nitrogens with zero attached hydrogens (tertiary/aromatic N) is 2. The van der Waals surface area contributed by atoms with Gasteiger partial charge in [-0.3, -0.25) is 9.69 Å². The molecule has 9 heteroatoms. The van der Waals surface area contributed by atoms with E-state index in [2.05, 4.69) is 27.7 Å². The minimum atomic E-state index is -3.39. The molecule has 0 aromatic carbocycles. The number of hydrogen-bond acceptors (Lipinski definition) is 6. The van der Waals surface area contributed by atoms with Gasteiger partial charge in [0.15, 0.2) is 0 Å². The van der Waals surface area contributed by atoms with Crippen molar-refractivity contribution in [3.8, 4) is 0 Å². The zero-order chi connectivity index (χ0) is 21.0. The van der Waals surface area contributed by atoms with Gasteiger partial charge in [-0.05, 0) is 68.3 Å². The first kappa shape index (κ1) is 22.0. The zero-order valence-corrected chi connectivity index (χ0v) is 19.5. The van der Waals surface area contributed by atoms with Gasteiger partial charge in [0.25, 0.3) is 10.0 Å². The molecule has 1 N–H and O–H groups in total. The molecule has 164 valence electrons. The second kappa shape index (κ2) is 9.91. The molecular weight excluding hydrogens is 438 g/mol. The second-order valence-corrected chi connectivity index (χ2v) is 12.5. The number of hydrogen-bond donors (Lipinski definition) is 1. The van der Waals surface area contributed by atoms with E-state index >= 15 is 0 Å². The van der Waals surface area contributed by atoms with Gasteiger partial charge in [0.2, 0.25) is 5.91 Å². The molecular formula is C21H29N3O3S3. The van der Waals surface area contributed by atoms with Crippen LogP contribution in [0.3, 0.4) is 0 Å². The number of sulfonamides is 1. The summed E-state index contributed by atoms with van der Waals surface area (Å²) in [5.74, 6) is 0.492. The van der Waals surface area contributed by atoms with Crippen molar-refractivity contribution in [2.75, 3.05) is 32.7 Å². The minimum absolute atomic E-state index is 0.0250. The SMILES string of the molecule is O=C(Cc1ccc(S(=O)(=O)N2CCCC2)s1)NCC1CCN(Cc2cccs2)CC1. The third-order valence-corrected chi connectivity index (χ3v) is 10.2. The van der Waals surface area contributed by atoms with Crippen molar-refractivity contribution >= 4 is 38.6 Å². The minimum Gasteiger partial charge on any atom is -0.356 e. The number of nitrogens with one attached hydrogen (secondary N) is 1. The summed E-state index contributed by atoms with van der Waals surface area (Å²) >= 11 is 3.03. The van der Waals surface area contributed by atoms with Crippen LogP contribution in [0.1, 0.15) is 35.4 Å². The lowest BCUT2D eigenvalue weighted by molar-refractivity contribution is -0.120. The van der Waals surface area contributed by atoms with Gasteiger partial charge >= 0.3 is 0 Å². The molecule has 0 unspecified atom stereocenters. The van der Waals surface area contributed by atoms with E-state index in [-0.39, 0.29) is 12.3 Å². The highest BCUT2D eigenvalue weighted by Crippen LogP contribution is 2.27. The van der Waals surface area contributed by atoms with E-state index in [1.54, 1.807) is 27.8 Å². The molecule has 0 radical (unpaired) electrons. The van der Waals surface area contributed by atoms with Crippen LogP contribution in [0.25, 0.3) is 0 Å². The fourth-order valence-electron chi connectivity index (χ4n) is 4.10. The summed E-state index contributed by atoms with van der Waals surface area (Å²) in [5, 5.41) is 5.18. The highest BCUT2D eigenvalue weighted by atomic mass is 32.2. The molecule has 2 saturated heterocycles. The smallest absolute Gasteiger partial charge is 0.252 e. The Morgan fingerprint density at radius 2 is 1.83 bits per heavy atom. The Morgan fingerprint density at radius 3 is 2.53 bits per heavy atom. The Labute approximate surface area is 186 Å². The first-order valence-electron chi connectivity index (χ1n) is 10.6. The van der Waals surface area contributed by atoms with Gasteiger partial charge in [0.05, 0.1) is 6.42 Å². The number of amides is 1. The standard InChI is InChI=1S/C21H29N3O3S3/c25-20(14-18-5-6-21(29-18)30(26,27)24-9-1-2-10-24)22-15-17-7-11-23(12-8-17)16-19-4-3-13-28-19/h3-6,13,17H,1-2,7-12,14-16H2,(H,22,25). The first-order valence-corrected chi connectivity index (χ1v) is 13.7. The lowest BCUT2D eigenvalue weighted by Gasteiger charge is -2.31. The van der Waals surface area contributed by atoms with Crippen molar-refractivity contribution < 1.29 is 13.2 Å². The number of carbonyl (C=O) groups excluding carboxylic acids is 1. The molecule has 30 heavy (non-hydrogen) atoms. The third-order valence-electron chi connectivity index (χ3n) is 5.89. The summed E-state index contributed by atoms with van der Waals surface area (Å²) in [5.41, 5.74) is 0. The molecule has 2 fully saturated rings. The number of piperidine rings is 1. The maximum atomic E-state index is 12.6. The topological polar surface area (TPSA) is 69.7 Å². The largest absolute Gasteiger partial charge is 0.356 e. The summed E-state index contributed by atoms with van der Waals surface area (Å²) in [7, 11) is -3.39. The van der Waals surface area contributed by atoms with Crippen molar-refractivity contribution in [1.82, 2.24) is 14.5 Å². The summed E-state index contributed by atoms with van der Waals surface area (Å²) in [4.78, 5) is 17.1. The van der Waals surface area contributed by atoms with E-state index in [0.29, 0.717) is 29.8 Å². The van der Waals surface area contributed by atoms with E-state index in [9.17, 15) is 13.2 Å². The van der Waals surface area contributed by atoms with E-state index in [1.165, 1.54) is 16.2 Å². The molecule has 2 aromatic heterocycles. The molecule has 0 spiro atoms. The first-order chi connectivity index (χ1) is 14.5. The quantitative estimate of drug-likeness (QED) is 0.647. The normalized spacial score (nSPS) is 19.3. The summed E-state index contributed by atoms with van der Waals surface area (Å²) in [6.45, 7) is 5.07. The van der Waals surface area contributed by atoms with Gasteiger partial charge in [-0.15, -0.1) is 22.7 Å². The molecule has 1 amide bonds. The maximum Gasteiger partial charge on any atom is 0.252 e. The molecule has 0 atom stereocenters. The van der Waals surface area contributed by atoms with Crippen molar-refractivity contribution in [3.63, 3.8) is 0 Å². The van der Waals surface area contributed by atoms with Crippen molar-refractivity contribution in [2.45, 2.75) is 42.9 Å². The van der Waals surface area contributed by atoms with Gasteiger partial charge in [0.1, 0.15) is 4.21 Å². The molecule has 6 nitrogen and oxygen atoms in total. The lowest BCUT2D eigenvalue weighted by atomic mass is 9.96. The molecule has 0 saturated carbocycles. The number of thiophene rings is 2. The molecule has 2 aromatic rings. The van der Waals surface area contributed by atoms with Crippen molar-refractivity contribution in [1.29, 1.82) is 0 Å². The van der Waals surface area contributed by atoms with E-state index in [0.717, 1.165) is 50.2 Å². The number of carbonyl (C=O) groups is 1. The summed E-state index contributed by atoms with van der Waals surface area (Å²) < 4.78 is 27.2. The summed E-state index contributed by atoms with van der Waals surface area (Å²) in [6.07, 6.45) is 4.29. The van der Waals surface area contributed by atoms with Gasteiger partial charge in [-0.25, -0.2) is 8.42 Å². The van der Waals surface area contributed by atoms with Crippen molar-refractivity contribution in [3.05, 3.63) is 39.4 Å². The number of likely N-dealkylation sites (tertiary alicyclic amines) is 1. The predicted octanol–water partition coefficient (Wildman–Crippen LogP) is 3.17. The van der Waals surface area contributed by atoms with Crippen LogP contribution >= 0.6 is 22.7 Å². The van der Waals surface area contributed by atoms with E-state index in [4.69, 9.17) is 0 Å². The highest BCUT2D eigenvalue weighted by Gasteiger charge is 2.28. The van der Waals surface area contributed by atoms with Crippen LogP contribution in [0.2, 0.25) is 0 Å². The van der Waals surface area contributed by atoms with Crippen LogP contribution in [-0.4, -0.2) is 56.3 Å². The van der Waals surface area contributed by atoms with Crippen molar-refractivity contribution in [2.24, 2.45) is 5.92 Å². The van der Waals surface area contributed by atoms with E-state index in [1.807, 2.05) is 0 Å². The predicted molar refractivity (Wildman–Crippen MR) is 121 cm³/mol. The lowest BCUT2D eigenvalue weighted by Crippen LogP contribution is -2.38. The molecule has 4 heterocycles. The Bertz CT molecular complexity index is 926. The second-order valence-electron chi connectivity index (χ2n) is 8.11. The third kappa shape index (κ3) is 5.50. The van der Waals surface area contributed by atoms with Gasteiger partial charge in [0, 0.05) is 35.9 Å². The molecule has 0 bridgehead atoms. The Morgan fingerprint density at radius 1 is 1.07 bits per heavy atom. The average molecular weight is 468 g/mol. The molecule has 2 aliphatic heterocycles. The van der Waals surface area contributed by atoms with Crippen LogP contribution in [0.4, 0.5) is 0 Å². The fraction of sp³-hybridized carbons (Fsp3) is 0.571. The van der Waals surface area contributed by atoms with Crippen LogP contribution < -0.4 is 5.32 Å². The van der Waals surface area contributed by atoms with Crippen LogP contribution in [0.5, 0.6) is 0 Å². The Hall–Kier alpha value is -1.26. The maximum absolute atomic E-state index is 12.6. The highest BCUT2D eigenvalue weighted by molar-refractivity contribution is 7.91. The molecule has 2 aliphatic rings. The van der Waals surface area contributed by atoms with Gasteiger partial charge in [-0.2, -0.15) is 4.31 Å². The Kier molecular flexibility index (Phi) is 7.25. The van der Waals surface area contributed by atoms with Crippen LogP contribution in [0, 0.1) is 5.92 Å². The van der Waals surface area contributed by atoms with Crippen LogP contribution in [-0.2, 0) is 27.8 Å². The molecule has 0 aliphatic carbocycles. The Balaban J connectivity index is 1.20. The van der Waals surface area contributed by atoms with Gasteiger partial charge in [-0.1, -0.05) is 6.07 Å². The number of rotatable bonds is 8. The fourth-order valence-corrected chi connectivity index (χ4v) is 7.87. The molecule has 4 rings (SSSR count). The van der Waals surface area contributed by atoms with Gasteiger partial charge < -0.3 is 5.32 Å². The monoisotopic (exact) mass is 467 g/mol. The van der Waals surface area contributed by atoms with E-state index < -0.39 is 10.0 Å². The van der Waals surface area contributed by atoms with Crippen LogP contribution in [0.15, 0.2) is 33.9 Å². The average Bonchev–Trinajstić information content (AvgIpc) is 3.50.